The van der Waals surface area contributed by atoms with E-state index in [0.717, 1.165) is 6.54 Å². The highest BCUT2D eigenvalue weighted by molar-refractivity contribution is 14.0. The molecule has 0 N–H and O–H groups in total. The Morgan fingerprint density at radius 1 is 1.31 bits per heavy atom. The maximum atomic E-state index is 4.60. The molecule has 1 spiro atoms. The lowest BCUT2D eigenvalue weighted by Crippen LogP contribution is -2.42. The zero-order valence-electron chi connectivity index (χ0n) is 10.7. The lowest BCUT2D eigenvalue weighted by Gasteiger charge is -2.38. The van der Waals surface area contributed by atoms with Crippen LogP contribution in [0.4, 0.5) is 0 Å². The smallest absolute Gasteiger partial charge is 0.196 e. The number of nitrogens with zero attached hydrogens (tertiary/aromatic N) is 3. The van der Waals surface area contributed by atoms with Gasteiger partial charge in [0.25, 0.3) is 0 Å². The molecule has 0 atom stereocenters. The van der Waals surface area contributed by atoms with Crippen LogP contribution in [0.1, 0.15) is 32.6 Å². The van der Waals surface area contributed by atoms with Gasteiger partial charge < -0.3 is 9.80 Å². The fraction of sp³-hybridized carbons (Fsp3) is 0.917. The average Bonchev–Trinajstić information content (AvgIpc) is 2.57. The fourth-order valence-corrected chi connectivity index (χ4v) is 2.86. The Morgan fingerprint density at radius 2 is 2.00 bits per heavy atom. The zero-order chi connectivity index (χ0) is 10.9. The van der Waals surface area contributed by atoms with E-state index in [2.05, 4.69) is 35.8 Å². The first-order valence-corrected chi connectivity index (χ1v) is 6.14. The number of hydrogen-bond donors (Lipinski definition) is 0. The Morgan fingerprint density at radius 3 is 2.38 bits per heavy atom. The van der Waals surface area contributed by atoms with Crippen molar-refractivity contribution in [1.82, 2.24) is 9.80 Å². The minimum atomic E-state index is 0. The van der Waals surface area contributed by atoms with Crippen molar-refractivity contribution in [1.29, 1.82) is 0 Å². The molecule has 1 saturated heterocycles. The van der Waals surface area contributed by atoms with Crippen LogP contribution in [0.2, 0.25) is 0 Å². The van der Waals surface area contributed by atoms with Gasteiger partial charge in [0.05, 0.1) is 0 Å². The van der Waals surface area contributed by atoms with Crippen molar-refractivity contribution in [3.8, 4) is 0 Å². The summed E-state index contributed by atoms with van der Waals surface area (Å²) < 4.78 is 0. The maximum absolute atomic E-state index is 4.60. The first-order valence-electron chi connectivity index (χ1n) is 6.14. The molecule has 1 saturated carbocycles. The minimum Gasteiger partial charge on any atom is -0.349 e. The van der Waals surface area contributed by atoms with Crippen molar-refractivity contribution < 1.29 is 0 Å². The number of likely N-dealkylation sites (tertiary alicyclic amines) is 1. The molecule has 0 amide bonds. The van der Waals surface area contributed by atoms with Crippen molar-refractivity contribution in [2.75, 3.05) is 33.7 Å². The third-order valence-corrected chi connectivity index (χ3v) is 3.83. The van der Waals surface area contributed by atoms with Gasteiger partial charge in [-0.25, -0.2) is 0 Å². The van der Waals surface area contributed by atoms with Gasteiger partial charge in [-0.2, -0.15) is 0 Å². The number of guanidine groups is 1. The molecule has 0 bridgehead atoms. The van der Waals surface area contributed by atoms with E-state index in [4.69, 9.17) is 0 Å². The summed E-state index contributed by atoms with van der Waals surface area (Å²) in [7, 11) is 4.19. The van der Waals surface area contributed by atoms with Gasteiger partial charge in [0, 0.05) is 33.7 Å². The molecule has 2 aliphatic rings. The summed E-state index contributed by atoms with van der Waals surface area (Å²) in [6, 6.07) is 0. The number of halogens is 1. The molecule has 16 heavy (non-hydrogen) atoms. The maximum Gasteiger partial charge on any atom is 0.196 e. The third kappa shape index (κ3) is 2.63. The quantitative estimate of drug-likeness (QED) is 0.416. The molecule has 0 aromatic rings. The Hall–Kier alpha value is 0. The van der Waals surface area contributed by atoms with Crippen LogP contribution in [0.25, 0.3) is 0 Å². The van der Waals surface area contributed by atoms with Crippen LogP contribution in [0, 0.1) is 5.41 Å². The first-order chi connectivity index (χ1) is 7.17. The van der Waals surface area contributed by atoms with E-state index < -0.39 is 0 Å². The van der Waals surface area contributed by atoms with Crippen molar-refractivity contribution in [3.63, 3.8) is 0 Å². The minimum absolute atomic E-state index is 0. The molecule has 2 fully saturated rings. The molecule has 2 rings (SSSR count). The first kappa shape index (κ1) is 14.1. The molecule has 0 unspecified atom stereocenters. The van der Waals surface area contributed by atoms with Crippen molar-refractivity contribution in [3.05, 3.63) is 0 Å². The van der Waals surface area contributed by atoms with E-state index in [9.17, 15) is 0 Å². The molecule has 0 aromatic carbocycles. The fourth-order valence-electron chi connectivity index (χ4n) is 2.86. The molecule has 3 nitrogen and oxygen atoms in total. The van der Waals surface area contributed by atoms with E-state index in [-0.39, 0.29) is 24.0 Å². The molecule has 1 heterocycles. The van der Waals surface area contributed by atoms with E-state index in [0.29, 0.717) is 5.41 Å². The highest BCUT2D eigenvalue weighted by Gasteiger charge is 2.43. The van der Waals surface area contributed by atoms with Gasteiger partial charge in [-0.15, -0.1) is 24.0 Å². The SMILES string of the molecule is CCN=C(N(C)C)N1CCC2(CCC2)C1.I. The van der Waals surface area contributed by atoms with E-state index in [1.54, 1.807) is 0 Å². The second-order valence-electron chi connectivity index (χ2n) is 5.19. The Kier molecular flexibility index (Phi) is 4.88. The molecule has 0 radical (unpaired) electrons. The molecular formula is C12H24IN3. The van der Waals surface area contributed by atoms with E-state index in [1.807, 2.05) is 0 Å². The summed E-state index contributed by atoms with van der Waals surface area (Å²) in [4.78, 5) is 9.23. The van der Waals surface area contributed by atoms with Crippen LogP contribution in [-0.4, -0.2) is 49.5 Å². The third-order valence-electron chi connectivity index (χ3n) is 3.83. The van der Waals surface area contributed by atoms with Crippen LogP contribution in [-0.2, 0) is 0 Å². The number of rotatable bonds is 1. The Bertz CT molecular complexity index is 259. The van der Waals surface area contributed by atoms with Gasteiger partial charge in [0.2, 0.25) is 0 Å². The van der Waals surface area contributed by atoms with Gasteiger partial charge in [-0.05, 0) is 31.6 Å². The summed E-state index contributed by atoms with van der Waals surface area (Å²) in [5, 5.41) is 0. The summed E-state index contributed by atoms with van der Waals surface area (Å²) in [5.74, 6) is 1.18. The highest BCUT2D eigenvalue weighted by atomic mass is 127. The van der Waals surface area contributed by atoms with Gasteiger partial charge in [-0.3, -0.25) is 4.99 Å². The van der Waals surface area contributed by atoms with Crippen molar-refractivity contribution in [2.45, 2.75) is 32.6 Å². The highest BCUT2D eigenvalue weighted by Crippen LogP contribution is 2.47. The predicted molar refractivity (Wildman–Crippen MR) is 79.6 cm³/mol. The predicted octanol–water partition coefficient (Wildman–Crippen LogP) is 2.42. The number of aliphatic imine (C=N–C) groups is 1. The standard InChI is InChI=1S/C12H23N3.HI/c1-4-13-11(14(2)3)15-9-8-12(10-15)6-5-7-12;/h4-10H2,1-3H3;1H. The van der Waals surface area contributed by atoms with Crippen LogP contribution < -0.4 is 0 Å². The molecule has 4 heteroatoms. The van der Waals surface area contributed by atoms with Crippen LogP contribution in [0.5, 0.6) is 0 Å². The molecule has 1 aliphatic carbocycles. The largest absolute Gasteiger partial charge is 0.349 e. The molecule has 94 valence electrons. The van der Waals surface area contributed by atoms with E-state index in [1.165, 1.54) is 44.7 Å². The van der Waals surface area contributed by atoms with Crippen LogP contribution in [0.15, 0.2) is 4.99 Å². The Balaban J connectivity index is 0.00000128. The molecule has 0 aromatic heterocycles. The normalized spacial score (nSPS) is 22.9. The van der Waals surface area contributed by atoms with Crippen molar-refractivity contribution >= 4 is 29.9 Å². The van der Waals surface area contributed by atoms with Crippen molar-refractivity contribution in [2.24, 2.45) is 10.4 Å². The Labute approximate surface area is 116 Å². The molecule has 1 aliphatic heterocycles. The molecular weight excluding hydrogens is 313 g/mol. The van der Waals surface area contributed by atoms with Gasteiger partial charge in [0.15, 0.2) is 5.96 Å². The second-order valence-corrected chi connectivity index (χ2v) is 5.19. The number of hydrogen-bond acceptors (Lipinski definition) is 1. The zero-order valence-corrected chi connectivity index (χ0v) is 13.0. The second kappa shape index (κ2) is 5.56. The lowest BCUT2D eigenvalue weighted by atomic mass is 9.68. The lowest BCUT2D eigenvalue weighted by molar-refractivity contribution is 0.150. The van der Waals surface area contributed by atoms with Crippen LogP contribution in [0.3, 0.4) is 0 Å². The van der Waals surface area contributed by atoms with Crippen LogP contribution >= 0.6 is 24.0 Å². The summed E-state index contributed by atoms with van der Waals surface area (Å²) >= 11 is 0. The topological polar surface area (TPSA) is 18.8 Å². The summed E-state index contributed by atoms with van der Waals surface area (Å²) in [5.41, 5.74) is 0.671. The average molecular weight is 337 g/mol. The van der Waals surface area contributed by atoms with Gasteiger partial charge >= 0.3 is 0 Å². The van der Waals surface area contributed by atoms with Gasteiger partial charge in [0.1, 0.15) is 0 Å². The van der Waals surface area contributed by atoms with E-state index >= 15 is 0 Å². The summed E-state index contributed by atoms with van der Waals surface area (Å²) in [6.07, 6.45) is 5.70. The monoisotopic (exact) mass is 337 g/mol. The van der Waals surface area contributed by atoms with Gasteiger partial charge in [-0.1, -0.05) is 6.42 Å². The summed E-state index contributed by atoms with van der Waals surface area (Å²) in [6.45, 7) is 5.44.